The lowest BCUT2D eigenvalue weighted by Crippen LogP contribution is -2.38. The number of rotatable bonds is 3. The fraction of sp³-hybridized carbons (Fsp3) is 0.733. The maximum absolute atomic E-state index is 12.5. The Morgan fingerprint density at radius 1 is 1.45 bits per heavy atom. The topological polar surface area (TPSA) is 46.9 Å². The van der Waals surface area contributed by atoms with Crippen LogP contribution in [-0.2, 0) is 18.3 Å². The van der Waals surface area contributed by atoms with Crippen molar-refractivity contribution >= 4 is 17.4 Å². The van der Waals surface area contributed by atoms with Gasteiger partial charge in [-0.15, -0.1) is 0 Å². The molecule has 0 bridgehead atoms. The minimum absolute atomic E-state index is 0.00868. The van der Waals surface area contributed by atoms with Gasteiger partial charge in [-0.3, -0.25) is 9.48 Å². The molecule has 2 fully saturated rings. The van der Waals surface area contributed by atoms with Crippen molar-refractivity contribution in [2.75, 3.05) is 0 Å². The highest BCUT2D eigenvalue weighted by atomic mass is 35.5. The molecule has 0 aromatic carbocycles. The van der Waals surface area contributed by atoms with Crippen LogP contribution < -0.4 is 5.32 Å². The summed E-state index contributed by atoms with van der Waals surface area (Å²) in [5.74, 6) is 0.950. The Hall–Kier alpha value is -0.870. The number of aryl methyl sites for hydroxylation is 2. The van der Waals surface area contributed by atoms with Gasteiger partial charge in [-0.05, 0) is 32.1 Å². The summed E-state index contributed by atoms with van der Waals surface area (Å²) in [5.41, 5.74) is 1.64. The molecule has 4 nitrogen and oxygen atoms in total. The van der Waals surface area contributed by atoms with Crippen molar-refractivity contribution in [2.45, 2.75) is 57.5 Å². The molecule has 1 saturated carbocycles. The highest BCUT2D eigenvalue weighted by Gasteiger charge is 2.38. The molecule has 3 atom stereocenters. The van der Waals surface area contributed by atoms with Gasteiger partial charge in [-0.25, -0.2) is 0 Å². The third kappa shape index (κ3) is 2.51. The van der Waals surface area contributed by atoms with Crippen LogP contribution in [0.3, 0.4) is 0 Å². The van der Waals surface area contributed by atoms with Crippen molar-refractivity contribution in [3.05, 3.63) is 16.4 Å². The van der Waals surface area contributed by atoms with Crippen molar-refractivity contribution in [3.8, 4) is 0 Å². The number of carbonyl (C=O) groups is 1. The van der Waals surface area contributed by atoms with E-state index in [2.05, 4.69) is 10.4 Å². The van der Waals surface area contributed by atoms with Crippen molar-refractivity contribution < 1.29 is 4.79 Å². The molecule has 0 amide bonds. The van der Waals surface area contributed by atoms with Crippen LogP contribution >= 0.6 is 11.6 Å². The van der Waals surface area contributed by atoms with E-state index in [0.29, 0.717) is 23.4 Å². The molecule has 2 aliphatic rings. The first-order valence-corrected chi connectivity index (χ1v) is 7.90. The summed E-state index contributed by atoms with van der Waals surface area (Å²) in [7, 11) is 1.85. The number of aromatic nitrogens is 2. The zero-order chi connectivity index (χ0) is 14.3. The van der Waals surface area contributed by atoms with E-state index in [1.807, 2.05) is 14.0 Å². The summed E-state index contributed by atoms with van der Waals surface area (Å²) in [6.07, 6.45) is 6.48. The van der Waals surface area contributed by atoms with E-state index in [9.17, 15) is 4.79 Å². The third-order valence-electron chi connectivity index (χ3n) is 4.85. The van der Waals surface area contributed by atoms with Gasteiger partial charge >= 0.3 is 0 Å². The van der Waals surface area contributed by atoms with Gasteiger partial charge < -0.3 is 5.32 Å². The first-order chi connectivity index (χ1) is 9.56. The Balaban J connectivity index is 1.68. The van der Waals surface area contributed by atoms with Gasteiger partial charge in [0.25, 0.3) is 0 Å². The van der Waals surface area contributed by atoms with Crippen molar-refractivity contribution in [3.63, 3.8) is 0 Å². The monoisotopic (exact) mass is 295 g/mol. The molecule has 1 saturated heterocycles. The average molecular weight is 296 g/mol. The number of fused-ring (bicyclic) bond motifs is 1. The zero-order valence-electron chi connectivity index (χ0n) is 12.2. The predicted octanol–water partition coefficient (Wildman–Crippen LogP) is 2.41. The van der Waals surface area contributed by atoms with Gasteiger partial charge in [0.15, 0.2) is 5.78 Å². The van der Waals surface area contributed by atoms with Crippen molar-refractivity contribution in [1.29, 1.82) is 0 Å². The smallest absolute Gasteiger partial charge is 0.155 e. The number of halogens is 1. The molecule has 1 aromatic rings. The maximum Gasteiger partial charge on any atom is 0.155 e. The number of hydrogen-bond donors (Lipinski definition) is 1. The number of carbonyl (C=O) groups excluding carboxylic acids is 1. The highest BCUT2D eigenvalue weighted by molar-refractivity contribution is 6.32. The van der Waals surface area contributed by atoms with Crippen LogP contribution in [0.5, 0.6) is 0 Å². The standard InChI is InChI=1S/C15H22ClN3O/c1-9-15(16)13(19(2)18-9)8-14(20)12-7-10-5-3-4-6-11(10)17-12/h10-12,17H,3-8H2,1-2H3. The molecule has 20 heavy (non-hydrogen) atoms. The van der Waals surface area contributed by atoms with Gasteiger partial charge in [-0.2, -0.15) is 5.10 Å². The largest absolute Gasteiger partial charge is 0.304 e. The fourth-order valence-electron chi connectivity index (χ4n) is 3.72. The van der Waals surface area contributed by atoms with E-state index in [0.717, 1.165) is 17.8 Å². The third-order valence-corrected chi connectivity index (χ3v) is 5.35. The van der Waals surface area contributed by atoms with Crippen LogP contribution in [0.2, 0.25) is 5.02 Å². The van der Waals surface area contributed by atoms with E-state index < -0.39 is 0 Å². The number of Topliss-reactive ketones (excluding diaryl/α,β-unsaturated/α-hetero) is 1. The Morgan fingerprint density at radius 3 is 2.85 bits per heavy atom. The van der Waals surface area contributed by atoms with E-state index in [4.69, 9.17) is 11.6 Å². The lowest BCUT2D eigenvalue weighted by molar-refractivity contribution is -0.120. The van der Waals surface area contributed by atoms with E-state index in [1.54, 1.807) is 4.68 Å². The quantitative estimate of drug-likeness (QED) is 0.931. The fourth-order valence-corrected chi connectivity index (χ4v) is 3.95. The molecule has 1 aromatic heterocycles. The minimum atomic E-state index is 0.00868. The Labute approximate surface area is 124 Å². The molecular formula is C15H22ClN3O. The number of nitrogens with zero attached hydrogens (tertiary/aromatic N) is 2. The second-order valence-electron chi connectivity index (χ2n) is 6.22. The molecule has 5 heteroatoms. The zero-order valence-corrected chi connectivity index (χ0v) is 12.9. The molecule has 0 spiro atoms. The Kier molecular flexibility index (Phi) is 3.87. The van der Waals surface area contributed by atoms with Crippen LogP contribution in [0.15, 0.2) is 0 Å². The van der Waals surface area contributed by atoms with E-state index >= 15 is 0 Å². The van der Waals surface area contributed by atoms with Gasteiger partial charge in [0.1, 0.15) is 0 Å². The molecule has 1 N–H and O–H groups in total. The Bertz CT molecular complexity index is 511. The van der Waals surface area contributed by atoms with E-state index in [1.165, 1.54) is 25.7 Å². The summed E-state index contributed by atoms with van der Waals surface area (Å²) in [4.78, 5) is 12.5. The summed E-state index contributed by atoms with van der Waals surface area (Å²) in [6, 6.07) is 0.566. The molecule has 1 aliphatic carbocycles. The molecule has 2 heterocycles. The van der Waals surface area contributed by atoms with Crippen molar-refractivity contribution in [1.82, 2.24) is 15.1 Å². The van der Waals surface area contributed by atoms with Crippen LogP contribution in [0.25, 0.3) is 0 Å². The number of nitrogens with one attached hydrogen (secondary N) is 1. The Morgan fingerprint density at radius 2 is 2.20 bits per heavy atom. The SMILES string of the molecule is Cc1nn(C)c(CC(=O)C2CC3CCCCC3N2)c1Cl. The van der Waals surface area contributed by atoms with E-state index in [-0.39, 0.29) is 11.8 Å². The summed E-state index contributed by atoms with van der Waals surface area (Å²) >= 11 is 6.23. The first kappa shape index (κ1) is 14.1. The van der Waals surface area contributed by atoms with Crippen molar-refractivity contribution in [2.24, 2.45) is 13.0 Å². The maximum atomic E-state index is 12.5. The predicted molar refractivity (Wildman–Crippen MR) is 79.0 cm³/mol. The lowest BCUT2D eigenvalue weighted by atomic mass is 9.84. The minimum Gasteiger partial charge on any atom is -0.304 e. The molecule has 110 valence electrons. The second-order valence-corrected chi connectivity index (χ2v) is 6.60. The molecule has 3 unspecified atom stereocenters. The highest BCUT2D eigenvalue weighted by Crippen LogP contribution is 2.34. The first-order valence-electron chi connectivity index (χ1n) is 7.53. The van der Waals surface area contributed by atoms with Gasteiger partial charge in [-0.1, -0.05) is 24.4 Å². The van der Waals surface area contributed by atoms with Gasteiger partial charge in [0.05, 0.1) is 28.9 Å². The molecule has 1 aliphatic heterocycles. The van der Waals surface area contributed by atoms with Gasteiger partial charge in [0.2, 0.25) is 0 Å². The van der Waals surface area contributed by atoms with Crippen LogP contribution in [0.4, 0.5) is 0 Å². The summed E-state index contributed by atoms with van der Waals surface area (Å²) in [6.45, 7) is 1.87. The normalized spacial score (nSPS) is 29.4. The second kappa shape index (κ2) is 5.49. The summed E-state index contributed by atoms with van der Waals surface area (Å²) < 4.78 is 1.73. The summed E-state index contributed by atoms with van der Waals surface area (Å²) in [5, 5.41) is 8.45. The molecule has 3 rings (SSSR count). The van der Waals surface area contributed by atoms with Crippen LogP contribution in [0.1, 0.15) is 43.5 Å². The average Bonchev–Trinajstić information content (AvgIpc) is 2.95. The molecular weight excluding hydrogens is 274 g/mol. The molecule has 0 radical (unpaired) electrons. The lowest BCUT2D eigenvalue weighted by Gasteiger charge is -2.24. The van der Waals surface area contributed by atoms with Crippen LogP contribution in [-0.4, -0.2) is 27.6 Å². The van der Waals surface area contributed by atoms with Crippen LogP contribution in [0, 0.1) is 12.8 Å². The number of ketones is 1. The number of hydrogen-bond acceptors (Lipinski definition) is 3. The van der Waals surface area contributed by atoms with Gasteiger partial charge in [0, 0.05) is 13.1 Å².